The first-order valence-corrected chi connectivity index (χ1v) is 7.10. The maximum atomic E-state index is 3.26. The standard InChI is InChI=1S/C19H22N2/c1-20(2)14-18-11-17(10-9-16-7-5-6-8-16)12-19(13-18)15-21(3)4/h5-7,11-13H,14-15H2,1-4H3. The lowest BCUT2D eigenvalue weighted by Gasteiger charge is -2.14. The normalized spacial score (nSPS) is 12.8. The quantitative estimate of drug-likeness (QED) is 0.617. The van der Waals surface area contributed by atoms with Gasteiger partial charge in [0.15, 0.2) is 0 Å². The summed E-state index contributed by atoms with van der Waals surface area (Å²) in [4.78, 5) is 4.36. The zero-order chi connectivity index (χ0) is 15.2. The topological polar surface area (TPSA) is 6.48 Å². The van der Waals surface area contributed by atoms with Gasteiger partial charge in [0.05, 0.1) is 5.57 Å². The Morgan fingerprint density at radius 3 is 2.00 bits per heavy atom. The molecule has 0 N–H and O–H groups in total. The Labute approximate surface area is 128 Å². The minimum absolute atomic E-state index is 0.929. The summed E-state index contributed by atoms with van der Waals surface area (Å²) < 4.78 is 0. The molecule has 0 radical (unpaired) electrons. The average molecular weight is 278 g/mol. The molecule has 0 heterocycles. The minimum atomic E-state index is 0.929. The molecule has 0 spiro atoms. The summed E-state index contributed by atoms with van der Waals surface area (Å²) in [6.07, 6.45) is 5.84. The van der Waals surface area contributed by atoms with Crippen molar-refractivity contribution in [2.45, 2.75) is 13.1 Å². The predicted octanol–water partition coefficient (Wildman–Crippen LogP) is 2.81. The molecule has 1 aromatic rings. The second-order valence-electron chi connectivity index (χ2n) is 5.85. The Bertz CT molecular complexity index is 632. The van der Waals surface area contributed by atoms with Crippen LogP contribution in [0.4, 0.5) is 0 Å². The summed E-state index contributed by atoms with van der Waals surface area (Å²) in [6.45, 7) is 1.86. The fraction of sp³-hybridized carbons (Fsp3) is 0.316. The van der Waals surface area contributed by atoms with Crippen molar-refractivity contribution in [3.63, 3.8) is 0 Å². The van der Waals surface area contributed by atoms with Crippen LogP contribution in [0.2, 0.25) is 0 Å². The maximum Gasteiger partial charge on any atom is 0.0667 e. The number of rotatable bonds is 4. The van der Waals surface area contributed by atoms with Crippen LogP contribution >= 0.6 is 0 Å². The third-order valence-corrected chi connectivity index (χ3v) is 2.99. The summed E-state index contributed by atoms with van der Waals surface area (Å²) in [6, 6.07) is 6.62. The third-order valence-electron chi connectivity index (χ3n) is 2.99. The number of hydrogen-bond acceptors (Lipinski definition) is 2. The van der Waals surface area contributed by atoms with E-state index < -0.39 is 0 Å². The van der Waals surface area contributed by atoms with Crippen molar-refractivity contribution in [2.24, 2.45) is 0 Å². The molecule has 2 nitrogen and oxygen atoms in total. The predicted molar refractivity (Wildman–Crippen MR) is 88.8 cm³/mol. The average Bonchev–Trinajstić information content (AvgIpc) is 2.87. The van der Waals surface area contributed by atoms with Crippen LogP contribution in [-0.2, 0) is 13.1 Å². The molecular formula is C19H22N2. The lowest BCUT2D eigenvalue weighted by atomic mass is 10.0. The van der Waals surface area contributed by atoms with Crippen LogP contribution in [0.25, 0.3) is 0 Å². The molecule has 2 rings (SSSR count). The summed E-state index contributed by atoms with van der Waals surface area (Å²) in [7, 11) is 8.34. The van der Waals surface area contributed by atoms with Gasteiger partial charge in [-0.1, -0.05) is 24.0 Å². The van der Waals surface area contributed by atoms with E-state index in [1.165, 1.54) is 11.1 Å². The van der Waals surface area contributed by atoms with Crippen molar-refractivity contribution in [3.8, 4) is 11.8 Å². The molecule has 0 saturated heterocycles. The van der Waals surface area contributed by atoms with E-state index >= 15 is 0 Å². The SMILES string of the molecule is CN(C)Cc1cc(C#CC2=C=CC=C2)cc(CN(C)C)c1. The van der Waals surface area contributed by atoms with Crippen LogP contribution in [-0.4, -0.2) is 38.0 Å². The van der Waals surface area contributed by atoms with Crippen molar-refractivity contribution in [1.29, 1.82) is 0 Å². The Kier molecular flexibility index (Phi) is 5.20. The Hall–Kier alpha value is -2.04. The molecule has 1 aliphatic rings. The van der Waals surface area contributed by atoms with Crippen molar-refractivity contribution in [2.75, 3.05) is 28.2 Å². The molecule has 108 valence electrons. The van der Waals surface area contributed by atoms with E-state index in [0.717, 1.165) is 24.2 Å². The van der Waals surface area contributed by atoms with E-state index in [0.29, 0.717) is 0 Å². The van der Waals surface area contributed by atoms with E-state index in [4.69, 9.17) is 0 Å². The summed E-state index contributed by atoms with van der Waals surface area (Å²) in [5.74, 6) is 6.43. The number of allylic oxidation sites excluding steroid dienone is 3. The zero-order valence-corrected chi connectivity index (χ0v) is 13.3. The fourth-order valence-corrected chi connectivity index (χ4v) is 2.30. The van der Waals surface area contributed by atoms with Crippen LogP contribution in [0.5, 0.6) is 0 Å². The first kappa shape index (κ1) is 15.4. The smallest absolute Gasteiger partial charge is 0.0667 e. The van der Waals surface area contributed by atoms with Crippen molar-refractivity contribution in [3.05, 3.63) is 64.4 Å². The third kappa shape index (κ3) is 5.10. The number of hydrogen-bond donors (Lipinski definition) is 0. The van der Waals surface area contributed by atoms with Gasteiger partial charge in [0, 0.05) is 18.7 Å². The van der Waals surface area contributed by atoms with Gasteiger partial charge in [-0.25, -0.2) is 0 Å². The van der Waals surface area contributed by atoms with E-state index in [-0.39, 0.29) is 0 Å². The highest BCUT2D eigenvalue weighted by Gasteiger charge is 2.03. The van der Waals surface area contributed by atoms with Gasteiger partial charge >= 0.3 is 0 Å². The van der Waals surface area contributed by atoms with Crippen LogP contribution in [0.15, 0.2) is 47.7 Å². The Balaban J connectivity index is 2.30. The van der Waals surface area contributed by atoms with Crippen LogP contribution < -0.4 is 0 Å². The van der Waals surface area contributed by atoms with Gasteiger partial charge in [-0.15, -0.1) is 5.73 Å². The van der Waals surface area contributed by atoms with Gasteiger partial charge in [-0.2, -0.15) is 0 Å². The number of benzene rings is 1. The van der Waals surface area contributed by atoms with E-state index in [2.05, 4.69) is 73.8 Å². The molecule has 0 aromatic heterocycles. The second kappa shape index (κ2) is 7.11. The van der Waals surface area contributed by atoms with E-state index in [1.807, 2.05) is 18.2 Å². The lowest BCUT2D eigenvalue weighted by molar-refractivity contribution is 0.395. The van der Waals surface area contributed by atoms with Gasteiger partial charge in [0.1, 0.15) is 0 Å². The first-order chi connectivity index (χ1) is 10.0. The monoisotopic (exact) mass is 278 g/mol. The van der Waals surface area contributed by atoms with Gasteiger partial charge in [-0.3, -0.25) is 0 Å². The van der Waals surface area contributed by atoms with Gasteiger partial charge in [-0.05, 0) is 63.6 Å². The highest BCUT2D eigenvalue weighted by atomic mass is 15.1. The molecular weight excluding hydrogens is 256 g/mol. The lowest BCUT2D eigenvalue weighted by Crippen LogP contribution is -2.13. The van der Waals surface area contributed by atoms with Crippen LogP contribution in [0, 0.1) is 11.8 Å². The summed E-state index contributed by atoms with van der Waals surface area (Å²) >= 11 is 0. The van der Waals surface area contributed by atoms with Crippen molar-refractivity contribution in [1.82, 2.24) is 9.80 Å². The minimum Gasteiger partial charge on any atom is -0.305 e. The van der Waals surface area contributed by atoms with Gasteiger partial charge < -0.3 is 9.80 Å². The Morgan fingerprint density at radius 2 is 1.52 bits per heavy atom. The highest BCUT2D eigenvalue weighted by molar-refractivity contribution is 5.49. The van der Waals surface area contributed by atoms with Gasteiger partial charge in [0.2, 0.25) is 0 Å². The fourth-order valence-electron chi connectivity index (χ4n) is 2.30. The van der Waals surface area contributed by atoms with Crippen LogP contribution in [0.1, 0.15) is 16.7 Å². The zero-order valence-electron chi connectivity index (χ0n) is 13.3. The van der Waals surface area contributed by atoms with Gasteiger partial charge in [0.25, 0.3) is 0 Å². The molecule has 0 fully saturated rings. The molecule has 21 heavy (non-hydrogen) atoms. The molecule has 0 bridgehead atoms. The molecule has 0 unspecified atom stereocenters. The van der Waals surface area contributed by atoms with Crippen molar-refractivity contribution < 1.29 is 0 Å². The van der Waals surface area contributed by atoms with E-state index in [9.17, 15) is 0 Å². The summed E-state index contributed by atoms with van der Waals surface area (Å²) in [5.41, 5.74) is 7.73. The second-order valence-corrected chi connectivity index (χ2v) is 5.85. The molecule has 1 aliphatic carbocycles. The summed E-state index contributed by atoms with van der Waals surface area (Å²) in [5, 5.41) is 0. The largest absolute Gasteiger partial charge is 0.305 e. The van der Waals surface area contributed by atoms with Crippen molar-refractivity contribution >= 4 is 0 Å². The van der Waals surface area contributed by atoms with Crippen LogP contribution in [0.3, 0.4) is 0 Å². The number of nitrogens with zero attached hydrogens (tertiary/aromatic N) is 2. The molecule has 0 aliphatic heterocycles. The first-order valence-electron chi connectivity index (χ1n) is 7.10. The van der Waals surface area contributed by atoms with E-state index in [1.54, 1.807) is 0 Å². The molecule has 0 atom stereocenters. The maximum absolute atomic E-state index is 3.26. The molecule has 0 saturated carbocycles. The highest BCUT2D eigenvalue weighted by Crippen LogP contribution is 2.13. The Morgan fingerprint density at radius 1 is 0.905 bits per heavy atom. The molecule has 0 amide bonds. The molecule has 1 aromatic carbocycles. The molecule has 2 heteroatoms.